The highest BCUT2D eigenvalue weighted by Crippen LogP contribution is 2.26. The van der Waals surface area contributed by atoms with E-state index in [0.717, 1.165) is 4.47 Å². The van der Waals surface area contributed by atoms with Gasteiger partial charge in [0.05, 0.1) is 12.8 Å². The largest absolute Gasteiger partial charge is 0.497 e. The van der Waals surface area contributed by atoms with Gasteiger partial charge in [0.2, 0.25) is 0 Å². The molecule has 0 heterocycles. The number of benzene rings is 2. The van der Waals surface area contributed by atoms with Crippen LogP contribution in [0.3, 0.4) is 0 Å². The lowest BCUT2D eigenvalue weighted by Gasteiger charge is -2.10. The van der Waals surface area contributed by atoms with Crippen molar-refractivity contribution in [3.63, 3.8) is 0 Å². The standard InChI is InChI=1S/C15H15BrN2O3/c1-20-12-6-7-13(17)14(8-12)21-9-15(19)18-11-4-2-10(16)3-5-11/h2-8H,9,17H2,1H3,(H,18,19). The van der Waals surface area contributed by atoms with E-state index in [1.165, 1.54) is 0 Å². The second-order valence-corrected chi connectivity index (χ2v) is 5.16. The molecule has 110 valence electrons. The summed E-state index contributed by atoms with van der Waals surface area (Å²) < 4.78 is 11.4. The quantitative estimate of drug-likeness (QED) is 0.812. The Morgan fingerprint density at radius 2 is 1.95 bits per heavy atom. The molecule has 0 aliphatic rings. The summed E-state index contributed by atoms with van der Waals surface area (Å²) >= 11 is 3.33. The fraction of sp³-hybridized carbons (Fsp3) is 0.133. The predicted molar refractivity (Wildman–Crippen MR) is 85.7 cm³/mol. The van der Waals surface area contributed by atoms with Gasteiger partial charge in [-0.2, -0.15) is 0 Å². The lowest BCUT2D eigenvalue weighted by Crippen LogP contribution is -2.20. The maximum Gasteiger partial charge on any atom is 0.262 e. The van der Waals surface area contributed by atoms with Crippen molar-refractivity contribution in [1.29, 1.82) is 0 Å². The molecule has 1 amide bonds. The molecule has 3 N–H and O–H groups in total. The van der Waals surface area contributed by atoms with Crippen molar-refractivity contribution < 1.29 is 14.3 Å². The number of anilines is 2. The molecule has 0 aromatic heterocycles. The number of hydrogen-bond acceptors (Lipinski definition) is 4. The monoisotopic (exact) mass is 350 g/mol. The van der Waals surface area contributed by atoms with Gasteiger partial charge in [0.1, 0.15) is 11.5 Å². The van der Waals surface area contributed by atoms with E-state index in [9.17, 15) is 4.79 Å². The number of nitrogens with two attached hydrogens (primary N) is 1. The molecule has 0 atom stereocenters. The first-order valence-corrected chi connectivity index (χ1v) is 6.99. The fourth-order valence-corrected chi connectivity index (χ4v) is 1.90. The number of nitrogens with one attached hydrogen (secondary N) is 1. The van der Waals surface area contributed by atoms with Gasteiger partial charge in [0.15, 0.2) is 6.61 Å². The smallest absolute Gasteiger partial charge is 0.262 e. The third-order valence-electron chi connectivity index (χ3n) is 2.71. The van der Waals surface area contributed by atoms with Crippen LogP contribution in [-0.4, -0.2) is 19.6 Å². The lowest BCUT2D eigenvalue weighted by molar-refractivity contribution is -0.118. The van der Waals surface area contributed by atoms with Gasteiger partial charge in [0, 0.05) is 16.2 Å². The number of amides is 1. The second-order valence-electron chi connectivity index (χ2n) is 4.25. The van der Waals surface area contributed by atoms with E-state index >= 15 is 0 Å². The number of nitrogen functional groups attached to an aromatic ring is 1. The molecule has 0 spiro atoms. The summed E-state index contributed by atoms with van der Waals surface area (Å²) in [7, 11) is 1.55. The van der Waals surface area contributed by atoms with Crippen molar-refractivity contribution >= 4 is 33.2 Å². The van der Waals surface area contributed by atoms with Crippen molar-refractivity contribution in [2.75, 3.05) is 24.8 Å². The molecular weight excluding hydrogens is 336 g/mol. The minimum Gasteiger partial charge on any atom is -0.497 e. The van der Waals surface area contributed by atoms with Crippen LogP contribution in [0.25, 0.3) is 0 Å². The first-order valence-electron chi connectivity index (χ1n) is 6.20. The van der Waals surface area contributed by atoms with Crippen LogP contribution in [0.2, 0.25) is 0 Å². The van der Waals surface area contributed by atoms with Gasteiger partial charge in [-0.1, -0.05) is 15.9 Å². The zero-order chi connectivity index (χ0) is 15.2. The first kappa shape index (κ1) is 15.2. The topological polar surface area (TPSA) is 73.6 Å². The minimum atomic E-state index is -0.264. The highest BCUT2D eigenvalue weighted by molar-refractivity contribution is 9.10. The Morgan fingerprint density at radius 1 is 1.24 bits per heavy atom. The predicted octanol–water partition coefficient (Wildman–Crippen LogP) is 3.06. The average Bonchev–Trinajstić information content (AvgIpc) is 2.49. The van der Waals surface area contributed by atoms with Crippen LogP contribution in [0, 0.1) is 0 Å². The van der Waals surface area contributed by atoms with Crippen LogP contribution in [-0.2, 0) is 4.79 Å². The van der Waals surface area contributed by atoms with Crippen LogP contribution < -0.4 is 20.5 Å². The lowest BCUT2D eigenvalue weighted by atomic mass is 10.3. The summed E-state index contributed by atoms with van der Waals surface area (Å²) in [6.07, 6.45) is 0. The van der Waals surface area contributed by atoms with Gasteiger partial charge < -0.3 is 20.5 Å². The summed E-state index contributed by atoms with van der Waals surface area (Å²) in [5.41, 5.74) is 6.93. The maximum atomic E-state index is 11.8. The number of carbonyl (C=O) groups excluding carboxylic acids is 1. The highest BCUT2D eigenvalue weighted by Gasteiger charge is 2.07. The van der Waals surface area contributed by atoms with Crippen LogP contribution in [0.15, 0.2) is 46.9 Å². The third-order valence-corrected chi connectivity index (χ3v) is 3.24. The number of hydrogen-bond donors (Lipinski definition) is 2. The van der Waals surface area contributed by atoms with Crippen molar-refractivity contribution in [3.05, 3.63) is 46.9 Å². The van der Waals surface area contributed by atoms with E-state index in [1.54, 1.807) is 37.4 Å². The third kappa shape index (κ3) is 4.39. The van der Waals surface area contributed by atoms with Crippen molar-refractivity contribution in [2.24, 2.45) is 0 Å². The van der Waals surface area contributed by atoms with Gasteiger partial charge in [-0.05, 0) is 36.4 Å². The molecule has 5 nitrogen and oxygen atoms in total. The van der Waals surface area contributed by atoms with E-state index < -0.39 is 0 Å². The number of ether oxygens (including phenoxy) is 2. The molecule has 6 heteroatoms. The zero-order valence-electron chi connectivity index (χ0n) is 11.4. The molecule has 0 bridgehead atoms. The Labute approximate surface area is 131 Å². The molecular formula is C15H15BrN2O3. The normalized spacial score (nSPS) is 10.0. The van der Waals surface area contributed by atoms with Crippen LogP contribution in [0.1, 0.15) is 0 Å². The molecule has 0 fully saturated rings. The molecule has 2 aromatic carbocycles. The number of methoxy groups -OCH3 is 1. The van der Waals surface area contributed by atoms with E-state index in [1.807, 2.05) is 12.1 Å². The average molecular weight is 351 g/mol. The molecule has 0 aliphatic carbocycles. The summed E-state index contributed by atoms with van der Waals surface area (Å²) in [5.74, 6) is 0.771. The second kappa shape index (κ2) is 6.99. The molecule has 0 radical (unpaired) electrons. The molecule has 0 unspecified atom stereocenters. The van der Waals surface area contributed by atoms with Crippen LogP contribution >= 0.6 is 15.9 Å². The van der Waals surface area contributed by atoms with E-state index in [0.29, 0.717) is 22.9 Å². The maximum absolute atomic E-state index is 11.8. The molecule has 0 aliphatic heterocycles. The van der Waals surface area contributed by atoms with Crippen molar-refractivity contribution in [1.82, 2.24) is 0 Å². The molecule has 2 aromatic rings. The molecule has 0 saturated heterocycles. The van der Waals surface area contributed by atoms with Crippen LogP contribution in [0.5, 0.6) is 11.5 Å². The van der Waals surface area contributed by atoms with Gasteiger partial charge in [-0.25, -0.2) is 0 Å². The van der Waals surface area contributed by atoms with Gasteiger partial charge in [0.25, 0.3) is 5.91 Å². The zero-order valence-corrected chi connectivity index (χ0v) is 13.0. The van der Waals surface area contributed by atoms with Crippen molar-refractivity contribution in [2.45, 2.75) is 0 Å². The summed E-state index contributed by atoms with van der Waals surface area (Å²) in [6.45, 7) is -0.132. The Bertz CT molecular complexity index is 629. The van der Waals surface area contributed by atoms with Crippen LogP contribution in [0.4, 0.5) is 11.4 Å². The SMILES string of the molecule is COc1ccc(N)c(OCC(=O)Nc2ccc(Br)cc2)c1. The Hall–Kier alpha value is -2.21. The Balaban J connectivity index is 1.93. The number of halogens is 1. The highest BCUT2D eigenvalue weighted by atomic mass is 79.9. The number of carbonyl (C=O) groups is 1. The van der Waals surface area contributed by atoms with Crippen molar-refractivity contribution in [3.8, 4) is 11.5 Å². The molecule has 21 heavy (non-hydrogen) atoms. The Kier molecular flexibility index (Phi) is 5.05. The summed E-state index contributed by atoms with van der Waals surface area (Å²) in [4.78, 5) is 11.8. The molecule has 0 saturated carbocycles. The number of rotatable bonds is 5. The van der Waals surface area contributed by atoms with E-state index in [4.69, 9.17) is 15.2 Å². The van der Waals surface area contributed by atoms with Gasteiger partial charge >= 0.3 is 0 Å². The van der Waals surface area contributed by atoms with E-state index in [2.05, 4.69) is 21.2 Å². The fourth-order valence-electron chi connectivity index (χ4n) is 1.64. The molecule has 2 rings (SSSR count). The van der Waals surface area contributed by atoms with E-state index in [-0.39, 0.29) is 12.5 Å². The Morgan fingerprint density at radius 3 is 2.62 bits per heavy atom. The van der Waals surface area contributed by atoms with Gasteiger partial charge in [-0.3, -0.25) is 4.79 Å². The summed E-state index contributed by atoms with van der Waals surface area (Å²) in [6, 6.07) is 12.3. The first-order chi connectivity index (χ1) is 10.1. The van der Waals surface area contributed by atoms with Gasteiger partial charge in [-0.15, -0.1) is 0 Å². The summed E-state index contributed by atoms with van der Waals surface area (Å²) in [5, 5.41) is 2.73. The minimum absolute atomic E-state index is 0.132.